The maximum atomic E-state index is 13.9. The highest BCUT2D eigenvalue weighted by atomic mass is 19.1. The summed E-state index contributed by atoms with van der Waals surface area (Å²) >= 11 is 0. The Morgan fingerprint density at radius 2 is 1.15 bits per heavy atom. The zero-order chi connectivity index (χ0) is 29.2. The molecule has 4 rings (SSSR count). The lowest BCUT2D eigenvalue weighted by Crippen LogP contribution is -2.09. The normalized spacial score (nSPS) is 10.5. The minimum absolute atomic E-state index is 0.0233. The summed E-state index contributed by atoms with van der Waals surface area (Å²) in [5.41, 5.74) is 2.93. The molecule has 6 nitrogen and oxygen atoms in total. The Morgan fingerprint density at radius 3 is 1.59 bits per heavy atom. The van der Waals surface area contributed by atoms with E-state index in [4.69, 9.17) is 20.1 Å². The van der Waals surface area contributed by atoms with Gasteiger partial charge in [-0.25, -0.2) is 8.78 Å². The van der Waals surface area contributed by atoms with Crippen LogP contribution < -0.4 is 9.47 Å². The van der Waals surface area contributed by atoms with Crippen LogP contribution in [0.25, 0.3) is 22.3 Å². The SMILES string of the molecule is N#Cc1ccc(-c2ccc(OC(=O)CCCCCC(=O)Oc3ccc(-c4ccc(C=N)c(F)c4)cc3)cc2)cc1F. The van der Waals surface area contributed by atoms with E-state index in [1.54, 1.807) is 66.7 Å². The van der Waals surface area contributed by atoms with E-state index in [1.807, 2.05) is 0 Å². The van der Waals surface area contributed by atoms with Gasteiger partial charge in [0.25, 0.3) is 0 Å². The van der Waals surface area contributed by atoms with Crippen molar-refractivity contribution in [2.75, 3.05) is 0 Å². The largest absolute Gasteiger partial charge is 0.427 e. The number of hydrogen-bond acceptors (Lipinski definition) is 6. The summed E-state index contributed by atoms with van der Waals surface area (Å²) in [5, 5.41) is 16.0. The predicted octanol–water partition coefficient (Wildman–Crippen LogP) is 7.63. The van der Waals surface area contributed by atoms with Gasteiger partial charge in [-0.2, -0.15) is 5.26 Å². The van der Waals surface area contributed by atoms with Crippen molar-refractivity contribution >= 4 is 18.2 Å². The van der Waals surface area contributed by atoms with Crippen molar-refractivity contribution in [3.63, 3.8) is 0 Å². The molecule has 0 aromatic heterocycles. The molecule has 0 radical (unpaired) electrons. The van der Waals surface area contributed by atoms with Gasteiger partial charge in [-0.1, -0.05) is 42.8 Å². The fourth-order valence-electron chi connectivity index (χ4n) is 4.12. The number of carbonyl (C=O) groups excluding carboxylic acids is 2. The molecule has 0 bridgehead atoms. The van der Waals surface area contributed by atoms with Crippen molar-refractivity contribution in [2.24, 2.45) is 0 Å². The molecule has 0 aliphatic heterocycles. The van der Waals surface area contributed by atoms with E-state index in [-0.39, 0.29) is 29.9 Å². The van der Waals surface area contributed by atoms with E-state index < -0.39 is 17.6 Å². The molecule has 8 heteroatoms. The van der Waals surface area contributed by atoms with Gasteiger partial charge in [0.2, 0.25) is 0 Å². The predicted molar refractivity (Wildman–Crippen MR) is 151 cm³/mol. The van der Waals surface area contributed by atoms with Crippen LogP contribution in [0.3, 0.4) is 0 Å². The third kappa shape index (κ3) is 7.93. The Morgan fingerprint density at radius 1 is 0.683 bits per heavy atom. The molecule has 41 heavy (non-hydrogen) atoms. The maximum Gasteiger partial charge on any atom is 0.311 e. The van der Waals surface area contributed by atoms with Crippen LogP contribution in [0.4, 0.5) is 8.78 Å². The number of carbonyl (C=O) groups is 2. The molecule has 1 N–H and O–H groups in total. The van der Waals surface area contributed by atoms with Crippen LogP contribution in [0.1, 0.15) is 43.2 Å². The summed E-state index contributed by atoms with van der Waals surface area (Å²) in [5.74, 6) is -1.09. The standard InChI is InChI=1S/C33H26F2N2O4/c34-30-18-24(6-8-26(30)20-36)22-10-14-28(15-11-22)40-32(38)4-2-1-3-5-33(39)41-29-16-12-23(13-17-29)25-7-9-27(21-37)31(35)19-25/h6-20,36H,1-5H2. The van der Waals surface area contributed by atoms with E-state index in [1.165, 1.54) is 24.3 Å². The van der Waals surface area contributed by atoms with Crippen LogP contribution in [-0.4, -0.2) is 18.2 Å². The molecule has 0 unspecified atom stereocenters. The highest BCUT2D eigenvalue weighted by Crippen LogP contribution is 2.26. The van der Waals surface area contributed by atoms with Crippen molar-refractivity contribution in [1.29, 1.82) is 10.7 Å². The second-order valence-electron chi connectivity index (χ2n) is 9.24. The highest BCUT2D eigenvalue weighted by Gasteiger charge is 2.10. The molecule has 0 aliphatic carbocycles. The summed E-state index contributed by atoms with van der Waals surface area (Å²) in [6, 6.07) is 24.2. The molecule has 0 heterocycles. The number of unbranched alkanes of at least 4 members (excludes halogenated alkanes) is 2. The van der Waals surface area contributed by atoms with Crippen LogP contribution in [0.5, 0.6) is 11.5 Å². The second-order valence-corrected chi connectivity index (χ2v) is 9.24. The molecular weight excluding hydrogens is 526 g/mol. The van der Waals surface area contributed by atoms with Crippen molar-refractivity contribution in [3.8, 4) is 39.8 Å². The van der Waals surface area contributed by atoms with Crippen molar-refractivity contribution in [3.05, 3.63) is 108 Å². The number of rotatable bonds is 11. The molecule has 0 aliphatic rings. The number of nitrogens with zero attached hydrogens (tertiary/aromatic N) is 1. The van der Waals surface area contributed by atoms with Crippen LogP contribution in [-0.2, 0) is 9.59 Å². The first kappa shape index (κ1) is 28.8. The average Bonchev–Trinajstić information content (AvgIpc) is 2.97. The van der Waals surface area contributed by atoms with Gasteiger partial charge in [-0.05, 0) is 83.6 Å². The van der Waals surface area contributed by atoms with Crippen molar-refractivity contribution in [1.82, 2.24) is 0 Å². The lowest BCUT2D eigenvalue weighted by Gasteiger charge is -2.08. The van der Waals surface area contributed by atoms with E-state index in [0.29, 0.717) is 41.9 Å². The fourth-order valence-corrected chi connectivity index (χ4v) is 4.12. The van der Waals surface area contributed by atoms with E-state index in [2.05, 4.69) is 0 Å². The number of esters is 2. The quantitative estimate of drug-likeness (QED) is 0.0892. The monoisotopic (exact) mass is 552 g/mol. The van der Waals surface area contributed by atoms with Gasteiger partial charge in [0, 0.05) is 24.6 Å². The van der Waals surface area contributed by atoms with Crippen LogP contribution >= 0.6 is 0 Å². The topological polar surface area (TPSA) is 100 Å². The number of nitrogens with one attached hydrogen (secondary N) is 1. The van der Waals surface area contributed by atoms with Gasteiger partial charge < -0.3 is 14.9 Å². The molecule has 4 aromatic carbocycles. The van der Waals surface area contributed by atoms with Gasteiger partial charge >= 0.3 is 11.9 Å². The van der Waals surface area contributed by atoms with E-state index >= 15 is 0 Å². The zero-order valence-corrected chi connectivity index (χ0v) is 22.0. The van der Waals surface area contributed by atoms with Crippen LogP contribution in [0.15, 0.2) is 84.9 Å². The Bertz CT molecular complexity index is 1590. The van der Waals surface area contributed by atoms with E-state index in [9.17, 15) is 18.4 Å². The Kier molecular flexibility index (Phi) is 9.68. The summed E-state index contributed by atoms with van der Waals surface area (Å²) < 4.78 is 38.5. The number of halogens is 2. The molecule has 0 saturated carbocycles. The van der Waals surface area contributed by atoms with Gasteiger partial charge in [0.1, 0.15) is 29.2 Å². The summed E-state index contributed by atoms with van der Waals surface area (Å²) in [4.78, 5) is 24.4. The minimum Gasteiger partial charge on any atom is -0.427 e. The van der Waals surface area contributed by atoms with Gasteiger partial charge in [0.15, 0.2) is 0 Å². The second kappa shape index (κ2) is 13.8. The van der Waals surface area contributed by atoms with Gasteiger partial charge in [-0.15, -0.1) is 0 Å². The fraction of sp³-hybridized carbons (Fsp3) is 0.152. The van der Waals surface area contributed by atoms with Crippen LogP contribution in [0.2, 0.25) is 0 Å². The molecule has 0 spiro atoms. The third-order valence-electron chi connectivity index (χ3n) is 6.35. The molecule has 0 atom stereocenters. The van der Waals surface area contributed by atoms with Gasteiger partial charge in [0.05, 0.1) is 5.56 Å². The first-order chi connectivity index (χ1) is 19.9. The summed E-state index contributed by atoms with van der Waals surface area (Å²) in [6.07, 6.45) is 3.10. The minimum atomic E-state index is -0.593. The summed E-state index contributed by atoms with van der Waals surface area (Å²) in [6.45, 7) is 0. The van der Waals surface area contributed by atoms with E-state index in [0.717, 1.165) is 17.3 Å². The number of ether oxygens (including phenoxy) is 2. The average molecular weight is 553 g/mol. The Labute approximate surface area is 236 Å². The Hall–Kier alpha value is -5.16. The smallest absolute Gasteiger partial charge is 0.311 e. The number of hydrogen-bond donors (Lipinski definition) is 1. The lowest BCUT2D eigenvalue weighted by molar-refractivity contribution is -0.134. The Balaban J connectivity index is 1.15. The third-order valence-corrected chi connectivity index (χ3v) is 6.35. The molecule has 0 saturated heterocycles. The molecule has 0 fully saturated rings. The maximum absolute atomic E-state index is 13.9. The summed E-state index contributed by atoms with van der Waals surface area (Å²) in [7, 11) is 0. The first-order valence-electron chi connectivity index (χ1n) is 13.0. The van der Waals surface area contributed by atoms with Crippen LogP contribution in [0, 0.1) is 28.4 Å². The molecule has 4 aromatic rings. The first-order valence-corrected chi connectivity index (χ1v) is 13.0. The van der Waals surface area contributed by atoms with Crippen molar-refractivity contribution < 1.29 is 27.8 Å². The molecule has 0 amide bonds. The van der Waals surface area contributed by atoms with Crippen molar-refractivity contribution in [2.45, 2.75) is 32.1 Å². The zero-order valence-electron chi connectivity index (χ0n) is 22.0. The molecular formula is C33H26F2N2O4. The lowest BCUT2D eigenvalue weighted by atomic mass is 10.0. The number of benzene rings is 4. The van der Waals surface area contributed by atoms with Gasteiger partial charge in [-0.3, -0.25) is 9.59 Å². The number of nitriles is 1. The highest BCUT2D eigenvalue weighted by molar-refractivity contribution is 5.79. The molecule has 206 valence electrons.